The number of rotatable bonds is 6. The van der Waals surface area contributed by atoms with Crippen LogP contribution in [0.3, 0.4) is 0 Å². The fourth-order valence-electron chi connectivity index (χ4n) is 4.04. The molecule has 0 radical (unpaired) electrons. The number of likely N-dealkylation sites (tertiary alicyclic amines) is 1. The van der Waals surface area contributed by atoms with E-state index in [1.807, 2.05) is 32.0 Å². The van der Waals surface area contributed by atoms with E-state index in [1.54, 1.807) is 23.2 Å². The van der Waals surface area contributed by atoms with Crippen LogP contribution in [-0.4, -0.2) is 69.5 Å². The van der Waals surface area contributed by atoms with Crippen molar-refractivity contribution in [1.29, 1.82) is 0 Å². The molecule has 3 heterocycles. The molecule has 1 aromatic carbocycles. The zero-order valence-electron chi connectivity index (χ0n) is 20.1. The summed E-state index contributed by atoms with van der Waals surface area (Å²) in [5.41, 5.74) is 0.0707. The lowest BCUT2D eigenvalue weighted by atomic mass is 9.92. The van der Waals surface area contributed by atoms with E-state index in [9.17, 15) is 23.1 Å². The molecule has 0 spiro atoms. The minimum absolute atomic E-state index is 0.0337. The maximum Gasteiger partial charge on any atom is 0.433 e. The highest BCUT2D eigenvalue weighted by Crippen LogP contribution is 2.39. The molecule has 1 saturated heterocycles. The Morgan fingerprint density at radius 3 is 2.61 bits per heavy atom. The van der Waals surface area contributed by atoms with Gasteiger partial charge in [0.1, 0.15) is 16.3 Å². The monoisotopic (exact) mass is 520 g/mol. The zero-order chi connectivity index (χ0) is 26.1. The van der Waals surface area contributed by atoms with Crippen LogP contribution in [0.2, 0.25) is 0 Å². The Balaban J connectivity index is 1.50. The fraction of sp³-hybridized carbons (Fsp3) is 0.417. The first-order valence-corrected chi connectivity index (χ1v) is 12.2. The van der Waals surface area contributed by atoms with Crippen molar-refractivity contribution in [3.63, 3.8) is 0 Å². The van der Waals surface area contributed by atoms with Gasteiger partial charge in [-0.15, -0.1) is 11.3 Å². The Morgan fingerprint density at radius 2 is 1.94 bits per heavy atom. The number of aromatic nitrogens is 3. The van der Waals surface area contributed by atoms with Gasteiger partial charge in [0.05, 0.1) is 11.4 Å². The molecule has 3 aromatic rings. The average molecular weight is 521 g/mol. The SMILES string of the molecule is Cc1cc(Nc2nccc(C(F)(F)F)n2)cc(-c2cnc(C3(O)CCN(C(=O)CN(C)C)CC3)s2)c1. The van der Waals surface area contributed by atoms with E-state index >= 15 is 0 Å². The minimum Gasteiger partial charge on any atom is -0.383 e. The molecule has 36 heavy (non-hydrogen) atoms. The Hall–Kier alpha value is -3.09. The molecular formula is C24H27F3N6O2S. The maximum atomic E-state index is 13.0. The number of halogens is 3. The molecule has 192 valence electrons. The third-order valence-electron chi connectivity index (χ3n) is 5.86. The molecule has 8 nitrogen and oxygen atoms in total. The Kier molecular flexibility index (Phi) is 7.30. The molecule has 0 aliphatic carbocycles. The van der Waals surface area contributed by atoms with Gasteiger partial charge >= 0.3 is 6.18 Å². The highest BCUT2D eigenvalue weighted by atomic mass is 32.1. The van der Waals surface area contributed by atoms with Crippen molar-refractivity contribution >= 4 is 28.9 Å². The molecule has 1 amide bonds. The third kappa shape index (κ3) is 6.00. The number of nitrogens with zero attached hydrogens (tertiary/aromatic N) is 5. The van der Waals surface area contributed by atoms with Gasteiger partial charge < -0.3 is 20.2 Å². The van der Waals surface area contributed by atoms with E-state index < -0.39 is 17.5 Å². The highest BCUT2D eigenvalue weighted by molar-refractivity contribution is 7.15. The van der Waals surface area contributed by atoms with Gasteiger partial charge in [0.2, 0.25) is 11.9 Å². The highest BCUT2D eigenvalue weighted by Gasteiger charge is 2.38. The topological polar surface area (TPSA) is 94.5 Å². The number of aliphatic hydroxyl groups is 1. The van der Waals surface area contributed by atoms with E-state index in [0.717, 1.165) is 28.3 Å². The van der Waals surface area contributed by atoms with Crippen LogP contribution in [0.4, 0.5) is 24.8 Å². The van der Waals surface area contributed by atoms with Crippen LogP contribution in [0.25, 0.3) is 10.4 Å². The number of piperidine rings is 1. The molecule has 1 aliphatic rings. The van der Waals surface area contributed by atoms with Gasteiger partial charge in [-0.1, -0.05) is 6.07 Å². The lowest BCUT2D eigenvalue weighted by molar-refractivity contribution is -0.141. The molecule has 0 saturated carbocycles. The van der Waals surface area contributed by atoms with Crippen molar-refractivity contribution in [3.05, 3.63) is 52.9 Å². The summed E-state index contributed by atoms with van der Waals surface area (Å²) < 4.78 is 39.0. The molecular weight excluding hydrogens is 493 g/mol. The van der Waals surface area contributed by atoms with E-state index in [1.165, 1.54) is 11.3 Å². The number of hydrogen-bond acceptors (Lipinski definition) is 8. The second-order valence-corrected chi connectivity index (χ2v) is 10.2. The van der Waals surface area contributed by atoms with Gasteiger partial charge in [-0.2, -0.15) is 13.2 Å². The van der Waals surface area contributed by atoms with Gasteiger partial charge in [-0.25, -0.2) is 15.0 Å². The Bertz CT molecular complexity index is 1240. The maximum absolute atomic E-state index is 13.0. The number of benzene rings is 1. The summed E-state index contributed by atoms with van der Waals surface area (Å²) in [6.07, 6.45) is -1.03. The van der Waals surface area contributed by atoms with Gasteiger partial charge in [0, 0.05) is 44.0 Å². The second-order valence-electron chi connectivity index (χ2n) is 9.16. The second kappa shape index (κ2) is 10.1. The van der Waals surface area contributed by atoms with E-state index in [4.69, 9.17) is 0 Å². The van der Waals surface area contributed by atoms with Gasteiger partial charge in [-0.05, 0) is 50.3 Å². The summed E-state index contributed by atoms with van der Waals surface area (Å²) in [7, 11) is 3.68. The molecule has 0 bridgehead atoms. The van der Waals surface area contributed by atoms with Crippen molar-refractivity contribution in [3.8, 4) is 10.4 Å². The normalized spacial score (nSPS) is 15.8. The quantitative estimate of drug-likeness (QED) is 0.507. The summed E-state index contributed by atoms with van der Waals surface area (Å²) in [5.74, 6) is -0.123. The van der Waals surface area contributed by atoms with Crippen molar-refractivity contribution in [2.24, 2.45) is 0 Å². The molecule has 0 atom stereocenters. The summed E-state index contributed by atoms with van der Waals surface area (Å²) in [5, 5.41) is 14.7. The average Bonchev–Trinajstić information content (AvgIpc) is 3.30. The van der Waals surface area contributed by atoms with Gasteiger partial charge in [0.25, 0.3) is 0 Å². The number of hydrogen-bond donors (Lipinski definition) is 2. The number of carbonyl (C=O) groups is 1. The number of alkyl halides is 3. The van der Waals surface area contributed by atoms with Crippen LogP contribution in [0, 0.1) is 6.92 Å². The van der Waals surface area contributed by atoms with E-state index in [0.29, 0.717) is 43.2 Å². The molecule has 2 N–H and O–H groups in total. The number of thiazole rings is 1. The van der Waals surface area contributed by atoms with Gasteiger partial charge in [0.15, 0.2) is 0 Å². The molecule has 0 unspecified atom stereocenters. The first-order valence-electron chi connectivity index (χ1n) is 11.3. The van der Waals surface area contributed by atoms with Crippen molar-refractivity contribution in [1.82, 2.24) is 24.8 Å². The lowest BCUT2D eigenvalue weighted by Crippen LogP contribution is -2.47. The Morgan fingerprint density at radius 1 is 1.22 bits per heavy atom. The van der Waals surface area contributed by atoms with E-state index in [2.05, 4.69) is 20.3 Å². The molecule has 4 rings (SSSR count). The molecule has 1 aliphatic heterocycles. The Labute approximate surface area is 210 Å². The summed E-state index contributed by atoms with van der Waals surface area (Å²) in [6, 6.07) is 6.31. The molecule has 12 heteroatoms. The smallest absolute Gasteiger partial charge is 0.383 e. The first kappa shape index (κ1) is 26.0. The largest absolute Gasteiger partial charge is 0.433 e. The van der Waals surface area contributed by atoms with Crippen LogP contribution in [-0.2, 0) is 16.6 Å². The zero-order valence-corrected chi connectivity index (χ0v) is 20.9. The van der Waals surface area contributed by atoms with Crippen LogP contribution in [0.1, 0.15) is 29.1 Å². The standard InChI is InChI=1S/C24H27F3N6O2S/c1-15-10-16(12-17(11-15)30-22-28-7-4-19(31-22)24(25,26)27)18-13-29-21(36-18)23(35)5-8-33(9-6-23)20(34)14-32(2)3/h4,7,10-13,35H,5-6,8-9,14H2,1-3H3,(H,28,30,31). The summed E-state index contributed by atoms with van der Waals surface area (Å²) in [6.45, 7) is 3.11. The number of likely N-dealkylation sites (N-methyl/N-ethyl adjacent to an activating group) is 1. The summed E-state index contributed by atoms with van der Waals surface area (Å²) in [4.78, 5) is 28.6. The predicted octanol–water partition coefficient (Wildman–Crippen LogP) is 4.04. The van der Waals surface area contributed by atoms with Crippen molar-refractivity contribution < 1.29 is 23.1 Å². The number of carbonyl (C=O) groups excluding carboxylic acids is 1. The fourth-order valence-corrected chi connectivity index (χ4v) is 5.09. The number of amides is 1. The predicted molar refractivity (Wildman–Crippen MR) is 131 cm³/mol. The third-order valence-corrected chi connectivity index (χ3v) is 7.10. The summed E-state index contributed by atoms with van der Waals surface area (Å²) >= 11 is 1.36. The van der Waals surface area contributed by atoms with Crippen molar-refractivity contribution in [2.75, 3.05) is 39.0 Å². The number of aryl methyl sites for hydroxylation is 1. The first-order chi connectivity index (χ1) is 16.9. The van der Waals surface area contributed by atoms with Crippen LogP contribution < -0.4 is 5.32 Å². The van der Waals surface area contributed by atoms with Crippen LogP contribution in [0.15, 0.2) is 36.7 Å². The minimum atomic E-state index is -4.56. The van der Waals surface area contributed by atoms with Crippen LogP contribution >= 0.6 is 11.3 Å². The van der Waals surface area contributed by atoms with Crippen LogP contribution in [0.5, 0.6) is 0 Å². The van der Waals surface area contributed by atoms with Gasteiger partial charge in [-0.3, -0.25) is 4.79 Å². The number of anilines is 2. The number of nitrogens with one attached hydrogen (secondary N) is 1. The van der Waals surface area contributed by atoms with E-state index in [-0.39, 0.29) is 11.9 Å². The lowest BCUT2D eigenvalue weighted by Gasteiger charge is -2.37. The molecule has 1 fully saturated rings. The van der Waals surface area contributed by atoms with Crippen molar-refractivity contribution in [2.45, 2.75) is 31.5 Å². The molecule has 2 aromatic heterocycles.